The Kier molecular flexibility index (Phi) is 3.81. The maximum Gasteiger partial charge on any atom is 0.0690 e. The van der Waals surface area contributed by atoms with E-state index in [9.17, 15) is 0 Å². The molecule has 2 aliphatic heterocycles. The second-order valence-electron chi connectivity index (χ2n) is 3.86. The molecular weight excluding hydrogens is 176 g/mol. The first kappa shape index (κ1) is 9.97. The minimum absolute atomic E-state index is 0.455. The van der Waals surface area contributed by atoms with E-state index in [2.05, 4.69) is 22.1 Å². The molecule has 2 aliphatic rings. The number of nitrogens with one attached hydrogen (secondary N) is 1. The summed E-state index contributed by atoms with van der Waals surface area (Å²) in [5.74, 6) is 6.54. The van der Waals surface area contributed by atoms with Crippen LogP contribution in [-0.2, 0) is 4.74 Å². The van der Waals surface area contributed by atoms with E-state index in [-0.39, 0.29) is 0 Å². The van der Waals surface area contributed by atoms with Gasteiger partial charge >= 0.3 is 0 Å². The summed E-state index contributed by atoms with van der Waals surface area (Å²) in [6.45, 7) is 5.84. The largest absolute Gasteiger partial charge is 0.379 e. The molecule has 3 heteroatoms. The van der Waals surface area contributed by atoms with E-state index in [1.807, 2.05) is 0 Å². The maximum atomic E-state index is 5.28. The summed E-state index contributed by atoms with van der Waals surface area (Å²) in [5, 5.41) is 3.38. The van der Waals surface area contributed by atoms with E-state index < -0.39 is 0 Å². The highest BCUT2D eigenvalue weighted by atomic mass is 16.5. The van der Waals surface area contributed by atoms with Gasteiger partial charge in [-0.1, -0.05) is 11.8 Å². The lowest BCUT2D eigenvalue weighted by Crippen LogP contribution is -2.36. The van der Waals surface area contributed by atoms with Gasteiger partial charge in [0.2, 0.25) is 0 Å². The fourth-order valence-corrected chi connectivity index (χ4v) is 1.85. The van der Waals surface area contributed by atoms with Gasteiger partial charge < -0.3 is 10.1 Å². The van der Waals surface area contributed by atoms with E-state index in [1.165, 1.54) is 12.8 Å². The predicted octanol–water partition coefficient (Wildman–Crippen LogP) is 0.0740. The normalized spacial score (nSPS) is 28.4. The molecule has 0 aliphatic carbocycles. The molecule has 2 fully saturated rings. The molecule has 0 spiro atoms. The smallest absolute Gasteiger partial charge is 0.0690 e. The van der Waals surface area contributed by atoms with Gasteiger partial charge in [0.15, 0.2) is 0 Å². The van der Waals surface area contributed by atoms with Crippen molar-refractivity contribution in [3.63, 3.8) is 0 Å². The molecule has 0 unspecified atom stereocenters. The highest BCUT2D eigenvalue weighted by Gasteiger charge is 2.11. The van der Waals surface area contributed by atoms with Crippen LogP contribution in [0.25, 0.3) is 0 Å². The van der Waals surface area contributed by atoms with Gasteiger partial charge in [0.05, 0.1) is 25.8 Å². The molecule has 0 aromatic heterocycles. The average Bonchev–Trinajstić information content (AvgIpc) is 2.72. The first-order valence-electron chi connectivity index (χ1n) is 5.47. The van der Waals surface area contributed by atoms with E-state index in [1.54, 1.807) is 0 Å². The summed E-state index contributed by atoms with van der Waals surface area (Å²) in [4.78, 5) is 2.35. The Bertz CT molecular complexity index is 219. The molecule has 2 heterocycles. The molecule has 0 bridgehead atoms. The molecular formula is C11H18N2O. The lowest BCUT2D eigenvalue weighted by Gasteiger charge is -2.24. The van der Waals surface area contributed by atoms with Gasteiger partial charge in [0.25, 0.3) is 0 Å². The Morgan fingerprint density at radius 1 is 1.36 bits per heavy atom. The lowest BCUT2D eigenvalue weighted by molar-refractivity contribution is 0.0443. The Balaban J connectivity index is 1.69. The zero-order chi connectivity index (χ0) is 9.64. The first-order chi connectivity index (χ1) is 6.95. The molecule has 0 aromatic rings. The van der Waals surface area contributed by atoms with E-state index in [0.717, 1.165) is 39.4 Å². The molecule has 1 N–H and O–H groups in total. The van der Waals surface area contributed by atoms with Crippen LogP contribution in [-0.4, -0.2) is 50.3 Å². The predicted molar refractivity (Wildman–Crippen MR) is 56.1 cm³/mol. The van der Waals surface area contributed by atoms with Gasteiger partial charge in [-0.2, -0.15) is 0 Å². The van der Waals surface area contributed by atoms with Crippen molar-refractivity contribution in [1.82, 2.24) is 10.2 Å². The van der Waals surface area contributed by atoms with E-state index in [0.29, 0.717) is 6.04 Å². The fourth-order valence-electron chi connectivity index (χ4n) is 1.85. The zero-order valence-corrected chi connectivity index (χ0v) is 8.59. The van der Waals surface area contributed by atoms with Crippen LogP contribution in [0.15, 0.2) is 0 Å². The number of hydrogen-bond acceptors (Lipinski definition) is 3. The molecule has 2 saturated heterocycles. The molecule has 0 radical (unpaired) electrons. The third-order valence-electron chi connectivity index (χ3n) is 2.74. The second-order valence-corrected chi connectivity index (χ2v) is 3.86. The molecule has 2 rings (SSSR count). The molecule has 0 amide bonds. The van der Waals surface area contributed by atoms with Crippen LogP contribution >= 0.6 is 0 Å². The molecule has 14 heavy (non-hydrogen) atoms. The van der Waals surface area contributed by atoms with Gasteiger partial charge in [0.1, 0.15) is 0 Å². The minimum Gasteiger partial charge on any atom is -0.379 e. The topological polar surface area (TPSA) is 24.5 Å². The lowest BCUT2D eigenvalue weighted by atomic mass is 10.2. The minimum atomic E-state index is 0.455. The van der Waals surface area contributed by atoms with Crippen LogP contribution in [0.5, 0.6) is 0 Å². The van der Waals surface area contributed by atoms with Crippen molar-refractivity contribution in [2.24, 2.45) is 0 Å². The van der Waals surface area contributed by atoms with Crippen molar-refractivity contribution in [3.05, 3.63) is 0 Å². The quantitative estimate of drug-likeness (QED) is 0.598. The molecule has 1 atom stereocenters. The van der Waals surface area contributed by atoms with Crippen molar-refractivity contribution >= 4 is 0 Å². The first-order valence-corrected chi connectivity index (χ1v) is 5.47. The summed E-state index contributed by atoms with van der Waals surface area (Å²) < 4.78 is 5.28. The van der Waals surface area contributed by atoms with Gasteiger partial charge in [-0.05, 0) is 19.4 Å². The van der Waals surface area contributed by atoms with Crippen LogP contribution in [0, 0.1) is 11.8 Å². The SMILES string of the molecule is C(#C[C@H]1CCCN1)CN1CCOCC1. The van der Waals surface area contributed by atoms with Gasteiger partial charge in [-0.3, -0.25) is 4.90 Å². The van der Waals surface area contributed by atoms with Crippen LogP contribution in [0.1, 0.15) is 12.8 Å². The standard InChI is InChI=1S/C11H18N2O/c1-3-11(12-5-1)4-2-6-13-7-9-14-10-8-13/h11-12H,1,3,5-10H2/t11-/m1/s1. The number of ether oxygens (including phenoxy) is 1. The van der Waals surface area contributed by atoms with E-state index in [4.69, 9.17) is 4.74 Å². The van der Waals surface area contributed by atoms with Crippen molar-refractivity contribution in [3.8, 4) is 11.8 Å². The Labute approximate surface area is 85.8 Å². The molecule has 0 aromatic carbocycles. The molecule has 0 saturated carbocycles. The van der Waals surface area contributed by atoms with Crippen LogP contribution in [0.4, 0.5) is 0 Å². The van der Waals surface area contributed by atoms with Gasteiger partial charge in [-0.15, -0.1) is 0 Å². The Morgan fingerprint density at radius 2 is 2.21 bits per heavy atom. The third kappa shape index (κ3) is 2.98. The van der Waals surface area contributed by atoms with Crippen molar-refractivity contribution in [1.29, 1.82) is 0 Å². The zero-order valence-electron chi connectivity index (χ0n) is 8.59. The summed E-state index contributed by atoms with van der Waals surface area (Å²) >= 11 is 0. The number of nitrogens with zero attached hydrogens (tertiary/aromatic N) is 1. The van der Waals surface area contributed by atoms with Crippen LogP contribution < -0.4 is 5.32 Å². The maximum absolute atomic E-state index is 5.28. The Morgan fingerprint density at radius 3 is 2.93 bits per heavy atom. The van der Waals surface area contributed by atoms with Gasteiger partial charge in [0, 0.05) is 13.1 Å². The summed E-state index contributed by atoms with van der Waals surface area (Å²) in [6.07, 6.45) is 2.49. The van der Waals surface area contributed by atoms with Crippen LogP contribution in [0.2, 0.25) is 0 Å². The highest BCUT2D eigenvalue weighted by molar-refractivity contribution is 5.10. The third-order valence-corrected chi connectivity index (χ3v) is 2.74. The van der Waals surface area contributed by atoms with Crippen molar-refractivity contribution < 1.29 is 4.74 Å². The number of morpholine rings is 1. The van der Waals surface area contributed by atoms with Crippen molar-refractivity contribution in [2.75, 3.05) is 39.4 Å². The highest BCUT2D eigenvalue weighted by Crippen LogP contribution is 2.02. The summed E-state index contributed by atoms with van der Waals surface area (Å²) in [5.41, 5.74) is 0. The monoisotopic (exact) mass is 194 g/mol. The van der Waals surface area contributed by atoms with Crippen LogP contribution in [0.3, 0.4) is 0 Å². The summed E-state index contributed by atoms with van der Waals surface area (Å²) in [6, 6.07) is 0.455. The summed E-state index contributed by atoms with van der Waals surface area (Å²) in [7, 11) is 0. The molecule has 3 nitrogen and oxygen atoms in total. The number of rotatable bonds is 1. The fraction of sp³-hybridized carbons (Fsp3) is 0.818. The van der Waals surface area contributed by atoms with E-state index >= 15 is 0 Å². The number of hydrogen-bond donors (Lipinski definition) is 1. The average molecular weight is 194 g/mol. The van der Waals surface area contributed by atoms with Crippen molar-refractivity contribution in [2.45, 2.75) is 18.9 Å². The Hall–Kier alpha value is -0.560. The second kappa shape index (κ2) is 5.35. The molecule has 78 valence electrons. The van der Waals surface area contributed by atoms with Gasteiger partial charge in [-0.25, -0.2) is 0 Å².